The van der Waals surface area contributed by atoms with Crippen molar-refractivity contribution in [2.24, 2.45) is 5.92 Å². The molecule has 1 saturated heterocycles. The summed E-state index contributed by atoms with van der Waals surface area (Å²) in [6.07, 6.45) is 0.775. The highest BCUT2D eigenvalue weighted by Gasteiger charge is 2.29. The van der Waals surface area contributed by atoms with Crippen molar-refractivity contribution in [3.63, 3.8) is 0 Å². The Morgan fingerprint density at radius 2 is 2.17 bits per heavy atom. The van der Waals surface area contributed by atoms with Crippen molar-refractivity contribution in [3.05, 3.63) is 35.4 Å². The van der Waals surface area contributed by atoms with E-state index >= 15 is 0 Å². The Morgan fingerprint density at radius 1 is 1.44 bits per heavy atom. The number of alkyl halides is 1. The fraction of sp³-hybridized carbons (Fsp3) is 0.462. The molecule has 0 bridgehead atoms. The van der Waals surface area contributed by atoms with Gasteiger partial charge in [0.25, 0.3) is 5.91 Å². The first-order valence-corrected chi connectivity index (χ1v) is 6.31. The number of hydrogen-bond donors (Lipinski definition) is 0. The molecule has 2 atom stereocenters. The summed E-state index contributed by atoms with van der Waals surface area (Å²) in [5.41, 5.74) is -0.228. The third kappa shape index (κ3) is 2.64. The van der Waals surface area contributed by atoms with Crippen LogP contribution in [0, 0.1) is 17.6 Å². The quantitative estimate of drug-likeness (QED) is 0.720. The first-order valence-electron chi connectivity index (χ1n) is 5.87. The number of halogens is 3. The molecule has 1 amide bonds. The molecule has 98 valence electrons. The number of amides is 1. The summed E-state index contributed by atoms with van der Waals surface area (Å²) < 4.78 is 26.6. The molecule has 0 aromatic heterocycles. The van der Waals surface area contributed by atoms with E-state index in [1.54, 1.807) is 0 Å². The molecule has 0 N–H and O–H groups in total. The summed E-state index contributed by atoms with van der Waals surface area (Å²) in [6.45, 7) is 2.92. The number of carbonyl (C=O) groups is 1. The van der Waals surface area contributed by atoms with E-state index in [0.717, 1.165) is 24.6 Å². The summed E-state index contributed by atoms with van der Waals surface area (Å²) in [7, 11) is 0. The molecule has 2 rings (SSSR count). The van der Waals surface area contributed by atoms with Crippen LogP contribution in [0.5, 0.6) is 0 Å². The normalized spacial score (nSPS) is 24.1. The second-order valence-corrected chi connectivity index (χ2v) is 5.22. The van der Waals surface area contributed by atoms with E-state index in [1.165, 1.54) is 4.90 Å². The molecule has 5 heteroatoms. The van der Waals surface area contributed by atoms with E-state index in [4.69, 9.17) is 11.6 Å². The molecule has 1 aromatic rings. The Hall–Kier alpha value is -1.16. The molecule has 2 nitrogen and oxygen atoms in total. The van der Waals surface area contributed by atoms with E-state index in [-0.39, 0.29) is 10.9 Å². The van der Waals surface area contributed by atoms with Crippen LogP contribution in [-0.2, 0) is 0 Å². The molecule has 0 aliphatic carbocycles. The van der Waals surface area contributed by atoms with Gasteiger partial charge in [0.1, 0.15) is 11.6 Å². The summed E-state index contributed by atoms with van der Waals surface area (Å²) >= 11 is 6.10. The Bertz CT molecular complexity index is 466. The van der Waals surface area contributed by atoms with Crippen LogP contribution in [-0.4, -0.2) is 29.3 Å². The highest BCUT2D eigenvalue weighted by atomic mass is 35.5. The molecule has 1 aliphatic heterocycles. The van der Waals surface area contributed by atoms with Gasteiger partial charge in [-0.3, -0.25) is 4.79 Å². The Kier molecular flexibility index (Phi) is 3.85. The van der Waals surface area contributed by atoms with E-state index in [1.807, 2.05) is 6.92 Å². The molecule has 0 saturated carbocycles. The third-order valence-electron chi connectivity index (χ3n) is 3.31. The molecule has 1 aliphatic rings. The minimum absolute atomic E-state index is 0.140. The predicted molar refractivity (Wildman–Crippen MR) is 65.7 cm³/mol. The van der Waals surface area contributed by atoms with Gasteiger partial charge in [0, 0.05) is 13.1 Å². The molecule has 1 fully saturated rings. The first kappa shape index (κ1) is 13.3. The van der Waals surface area contributed by atoms with Crippen LogP contribution in [0.25, 0.3) is 0 Å². The fourth-order valence-corrected chi connectivity index (χ4v) is 2.33. The van der Waals surface area contributed by atoms with Crippen LogP contribution < -0.4 is 0 Å². The van der Waals surface area contributed by atoms with Crippen molar-refractivity contribution in [3.8, 4) is 0 Å². The van der Waals surface area contributed by atoms with Gasteiger partial charge in [-0.05, 0) is 30.5 Å². The zero-order valence-electron chi connectivity index (χ0n) is 10.00. The van der Waals surface area contributed by atoms with Gasteiger partial charge in [0.05, 0.1) is 10.9 Å². The van der Waals surface area contributed by atoms with Gasteiger partial charge in [-0.1, -0.05) is 6.92 Å². The van der Waals surface area contributed by atoms with Crippen molar-refractivity contribution >= 4 is 17.5 Å². The SMILES string of the molecule is CC1CCN(C(=O)c2cc(F)ccc2F)CC1Cl. The Labute approximate surface area is 110 Å². The number of rotatable bonds is 1. The Balaban J connectivity index is 2.19. The van der Waals surface area contributed by atoms with Crippen molar-refractivity contribution < 1.29 is 13.6 Å². The number of piperidine rings is 1. The van der Waals surface area contributed by atoms with Crippen molar-refractivity contribution in [1.82, 2.24) is 4.90 Å². The van der Waals surface area contributed by atoms with Crippen molar-refractivity contribution in [1.29, 1.82) is 0 Å². The number of benzene rings is 1. The third-order valence-corrected chi connectivity index (χ3v) is 3.88. The van der Waals surface area contributed by atoms with E-state index in [0.29, 0.717) is 19.0 Å². The van der Waals surface area contributed by atoms with Crippen LogP contribution in [0.3, 0.4) is 0 Å². The molecule has 1 aromatic carbocycles. The smallest absolute Gasteiger partial charge is 0.256 e. The van der Waals surface area contributed by atoms with Gasteiger partial charge in [0.2, 0.25) is 0 Å². The van der Waals surface area contributed by atoms with E-state index < -0.39 is 17.5 Å². The number of nitrogens with zero attached hydrogens (tertiary/aromatic N) is 1. The maximum atomic E-state index is 13.5. The maximum Gasteiger partial charge on any atom is 0.256 e. The highest BCUT2D eigenvalue weighted by Crippen LogP contribution is 2.23. The monoisotopic (exact) mass is 273 g/mol. The van der Waals surface area contributed by atoms with Crippen molar-refractivity contribution in [2.75, 3.05) is 13.1 Å². The lowest BCUT2D eigenvalue weighted by Gasteiger charge is -2.34. The molecule has 0 spiro atoms. The molecular weight excluding hydrogens is 260 g/mol. The minimum atomic E-state index is -0.703. The molecule has 0 radical (unpaired) electrons. The largest absolute Gasteiger partial charge is 0.337 e. The number of likely N-dealkylation sites (tertiary alicyclic amines) is 1. The van der Waals surface area contributed by atoms with Gasteiger partial charge >= 0.3 is 0 Å². The van der Waals surface area contributed by atoms with Crippen LogP contribution in [0.2, 0.25) is 0 Å². The zero-order chi connectivity index (χ0) is 13.3. The van der Waals surface area contributed by atoms with Gasteiger partial charge in [0.15, 0.2) is 0 Å². The van der Waals surface area contributed by atoms with Crippen LogP contribution in [0.15, 0.2) is 18.2 Å². The van der Waals surface area contributed by atoms with Gasteiger partial charge in [-0.2, -0.15) is 0 Å². The average Bonchev–Trinajstić information content (AvgIpc) is 2.35. The number of carbonyl (C=O) groups excluding carboxylic acids is 1. The lowest BCUT2D eigenvalue weighted by molar-refractivity contribution is 0.0696. The summed E-state index contributed by atoms with van der Waals surface area (Å²) in [5, 5.41) is -0.140. The average molecular weight is 274 g/mol. The van der Waals surface area contributed by atoms with Crippen LogP contribution in [0.4, 0.5) is 8.78 Å². The molecule has 2 unspecified atom stereocenters. The van der Waals surface area contributed by atoms with Crippen LogP contribution in [0.1, 0.15) is 23.7 Å². The lowest BCUT2D eigenvalue weighted by Crippen LogP contribution is -2.44. The summed E-state index contributed by atoms with van der Waals surface area (Å²) in [6, 6.07) is 2.89. The highest BCUT2D eigenvalue weighted by molar-refractivity contribution is 6.21. The second-order valence-electron chi connectivity index (χ2n) is 4.66. The zero-order valence-corrected chi connectivity index (χ0v) is 10.8. The minimum Gasteiger partial charge on any atom is -0.337 e. The van der Waals surface area contributed by atoms with Gasteiger partial charge in [-0.15, -0.1) is 11.6 Å². The number of hydrogen-bond acceptors (Lipinski definition) is 1. The summed E-state index contributed by atoms with van der Waals surface area (Å²) in [4.78, 5) is 13.6. The second kappa shape index (κ2) is 5.22. The van der Waals surface area contributed by atoms with Crippen LogP contribution >= 0.6 is 11.6 Å². The molecule has 18 heavy (non-hydrogen) atoms. The first-order chi connectivity index (χ1) is 8.49. The standard InChI is InChI=1S/C13H14ClF2NO/c1-8-4-5-17(7-11(8)14)13(18)10-6-9(15)2-3-12(10)16/h2-3,6,8,11H,4-5,7H2,1H3. The summed E-state index contributed by atoms with van der Waals surface area (Å²) in [5.74, 6) is -1.49. The van der Waals surface area contributed by atoms with Gasteiger partial charge < -0.3 is 4.90 Å². The van der Waals surface area contributed by atoms with Crippen molar-refractivity contribution in [2.45, 2.75) is 18.7 Å². The molecule has 1 heterocycles. The topological polar surface area (TPSA) is 20.3 Å². The fourth-order valence-electron chi connectivity index (χ4n) is 2.04. The van der Waals surface area contributed by atoms with E-state index in [9.17, 15) is 13.6 Å². The Morgan fingerprint density at radius 3 is 2.83 bits per heavy atom. The molecular formula is C13H14ClF2NO. The van der Waals surface area contributed by atoms with E-state index in [2.05, 4.69) is 0 Å². The van der Waals surface area contributed by atoms with Gasteiger partial charge in [-0.25, -0.2) is 8.78 Å². The predicted octanol–water partition coefficient (Wildman–Crippen LogP) is 3.05. The maximum absolute atomic E-state index is 13.5. The lowest BCUT2D eigenvalue weighted by atomic mass is 9.98.